The summed E-state index contributed by atoms with van der Waals surface area (Å²) in [5.41, 5.74) is 2.15. The number of likely N-dealkylation sites (tertiary alicyclic amines) is 1. The van der Waals surface area contributed by atoms with Gasteiger partial charge >= 0.3 is 0 Å². The molecule has 0 spiro atoms. The van der Waals surface area contributed by atoms with Gasteiger partial charge in [0, 0.05) is 30.1 Å². The molecule has 2 heterocycles. The maximum atomic E-state index is 12.7. The van der Waals surface area contributed by atoms with Crippen molar-refractivity contribution >= 4 is 35.3 Å². The van der Waals surface area contributed by atoms with Gasteiger partial charge < -0.3 is 20.3 Å². The third kappa shape index (κ3) is 6.21. The minimum Gasteiger partial charge on any atom is -0.497 e. The maximum Gasteiger partial charge on any atom is 0.262 e. The minimum atomic E-state index is -0.170. The number of fused-ring (bicyclic) bond motifs is 1. The highest BCUT2D eigenvalue weighted by molar-refractivity contribution is 8.04. The predicted molar refractivity (Wildman–Crippen MR) is 138 cm³/mol. The highest BCUT2D eigenvalue weighted by Gasteiger charge is 2.23. The summed E-state index contributed by atoms with van der Waals surface area (Å²) in [6, 6.07) is 13.0. The highest BCUT2D eigenvalue weighted by Crippen LogP contribution is 2.39. The van der Waals surface area contributed by atoms with E-state index in [9.17, 15) is 9.59 Å². The summed E-state index contributed by atoms with van der Waals surface area (Å²) >= 11 is 1.41. The normalized spacial score (nSPS) is 21.6. The SMILES string of the molecule is COc1ccc(/C=C2/Sc3ccc(C(=O)NCCCN4C[C@@H](C)C[C@H](C)C4)cc3NC2=O)cc1. The zero-order valence-electron chi connectivity index (χ0n) is 20.1. The van der Waals surface area contributed by atoms with Gasteiger partial charge in [0.2, 0.25) is 0 Å². The molecule has 4 rings (SSSR count). The Kier molecular flexibility index (Phi) is 7.95. The van der Waals surface area contributed by atoms with Crippen molar-refractivity contribution < 1.29 is 14.3 Å². The lowest BCUT2D eigenvalue weighted by Crippen LogP contribution is -2.40. The van der Waals surface area contributed by atoms with Crippen LogP contribution in [-0.2, 0) is 4.79 Å². The van der Waals surface area contributed by atoms with Crippen LogP contribution in [0.5, 0.6) is 5.75 Å². The number of amides is 2. The molecule has 2 amide bonds. The van der Waals surface area contributed by atoms with Gasteiger partial charge in [-0.3, -0.25) is 9.59 Å². The monoisotopic (exact) mass is 479 g/mol. The van der Waals surface area contributed by atoms with Crippen molar-refractivity contribution in [3.63, 3.8) is 0 Å². The molecule has 7 heteroatoms. The third-order valence-corrected chi connectivity index (χ3v) is 7.33. The van der Waals surface area contributed by atoms with Crippen molar-refractivity contribution in [3.05, 3.63) is 58.5 Å². The molecule has 2 atom stereocenters. The number of carbonyl (C=O) groups excluding carboxylic acids is 2. The summed E-state index contributed by atoms with van der Waals surface area (Å²) in [5, 5.41) is 5.95. The molecule has 0 aliphatic carbocycles. The molecule has 1 saturated heterocycles. The first-order valence-electron chi connectivity index (χ1n) is 11.9. The number of nitrogens with one attached hydrogen (secondary N) is 2. The number of hydrogen-bond acceptors (Lipinski definition) is 5. The quantitative estimate of drug-likeness (QED) is 0.438. The van der Waals surface area contributed by atoms with Crippen LogP contribution >= 0.6 is 11.8 Å². The van der Waals surface area contributed by atoms with Gasteiger partial charge in [-0.1, -0.05) is 37.7 Å². The molecule has 2 aromatic rings. The van der Waals surface area contributed by atoms with Crippen LogP contribution in [0.1, 0.15) is 42.6 Å². The lowest BCUT2D eigenvalue weighted by atomic mass is 9.92. The van der Waals surface area contributed by atoms with Crippen molar-refractivity contribution in [2.24, 2.45) is 11.8 Å². The van der Waals surface area contributed by atoms with Gasteiger partial charge in [0.25, 0.3) is 11.8 Å². The molecule has 2 aromatic carbocycles. The Labute approximate surface area is 206 Å². The number of hydrogen-bond donors (Lipinski definition) is 2. The van der Waals surface area contributed by atoms with Crippen LogP contribution in [0.25, 0.3) is 6.08 Å². The number of rotatable bonds is 7. The van der Waals surface area contributed by atoms with Gasteiger partial charge in [0.1, 0.15) is 5.75 Å². The lowest BCUT2D eigenvalue weighted by Gasteiger charge is -2.34. The zero-order valence-corrected chi connectivity index (χ0v) is 20.9. The molecule has 6 nitrogen and oxygen atoms in total. The number of carbonyl (C=O) groups is 2. The van der Waals surface area contributed by atoms with Gasteiger partial charge in [-0.15, -0.1) is 0 Å². The largest absolute Gasteiger partial charge is 0.497 e. The molecular formula is C27H33N3O3S. The van der Waals surface area contributed by atoms with Gasteiger partial charge in [-0.05, 0) is 73.2 Å². The fourth-order valence-corrected chi connectivity index (χ4v) is 5.67. The Morgan fingerprint density at radius 2 is 1.91 bits per heavy atom. The van der Waals surface area contributed by atoms with Gasteiger partial charge in [0.15, 0.2) is 0 Å². The first-order valence-corrected chi connectivity index (χ1v) is 12.7. The average molecular weight is 480 g/mol. The van der Waals surface area contributed by atoms with Crippen LogP contribution in [0.15, 0.2) is 52.3 Å². The molecule has 0 aromatic heterocycles. The van der Waals surface area contributed by atoms with Crippen molar-refractivity contribution in [2.45, 2.75) is 31.6 Å². The van der Waals surface area contributed by atoms with Crippen molar-refractivity contribution in [1.82, 2.24) is 10.2 Å². The average Bonchev–Trinajstić information content (AvgIpc) is 2.82. The molecule has 180 valence electrons. The summed E-state index contributed by atoms with van der Waals surface area (Å²) < 4.78 is 5.18. The number of thioether (sulfide) groups is 1. The summed E-state index contributed by atoms with van der Waals surface area (Å²) in [7, 11) is 1.62. The first-order chi connectivity index (χ1) is 16.4. The number of anilines is 1. The van der Waals surface area contributed by atoms with Gasteiger partial charge in [-0.25, -0.2) is 0 Å². The zero-order chi connectivity index (χ0) is 24.1. The van der Waals surface area contributed by atoms with Crippen LogP contribution in [-0.4, -0.2) is 50.0 Å². The van der Waals surface area contributed by atoms with E-state index in [1.54, 1.807) is 13.2 Å². The van der Waals surface area contributed by atoms with E-state index < -0.39 is 0 Å². The second-order valence-corrected chi connectivity index (χ2v) is 10.4. The molecule has 2 aliphatic heterocycles. The summed E-state index contributed by atoms with van der Waals surface area (Å²) in [6.45, 7) is 8.58. The minimum absolute atomic E-state index is 0.109. The Morgan fingerprint density at radius 3 is 2.62 bits per heavy atom. The third-order valence-electron chi connectivity index (χ3n) is 6.23. The fraction of sp³-hybridized carbons (Fsp3) is 0.407. The van der Waals surface area contributed by atoms with Crippen molar-refractivity contribution in [1.29, 1.82) is 0 Å². The van der Waals surface area contributed by atoms with Crippen LogP contribution < -0.4 is 15.4 Å². The second kappa shape index (κ2) is 11.1. The number of nitrogens with zero attached hydrogens (tertiary/aromatic N) is 1. The fourth-order valence-electron chi connectivity index (χ4n) is 4.73. The van der Waals surface area contributed by atoms with E-state index in [0.717, 1.165) is 54.1 Å². The van der Waals surface area contributed by atoms with E-state index in [0.29, 0.717) is 22.7 Å². The van der Waals surface area contributed by atoms with E-state index in [4.69, 9.17) is 4.74 Å². The number of methoxy groups -OCH3 is 1. The van der Waals surface area contributed by atoms with Crippen LogP contribution in [0.2, 0.25) is 0 Å². The molecular weight excluding hydrogens is 446 g/mol. The van der Waals surface area contributed by atoms with E-state index >= 15 is 0 Å². The number of ether oxygens (including phenoxy) is 1. The Hall–Kier alpha value is -2.77. The maximum absolute atomic E-state index is 12.7. The number of piperidine rings is 1. The topological polar surface area (TPSA) is 70.7 Å². The second-order valence-electron chi connectivity index (χ2n) is 9.36. The summed E-state index contributed by atoms with van der Waals surface area (Å²) in [6.07, 6.45) is 4.09. The lowest BCUT2D eigenvalue weighted by molar-refractivity contribution is -0.112. The van der Waals surface area contributed by atoms with E-state index in [2.05, 4.69) is 29.4 Å². The summed E-state index contributed by atoms with van der Waals surface area (Å²) in [4.78, 5) is 29.3. The molecule has 2 N–H and O–H groups in total. The van der Waals surface area contributed by atoms with Crippen LogP contribution in [0.4, 0.5) is 5.69 Å². The number of benzene rings is 2. The Balaban J connectivity index is 1.32. The van der Waals surface area contributed by atoms with Crippen LogP contribution in [0, 0.1) is 11.8 Å². The van der Waals surface area contributed by atoms with Crippen molar-refractivity contribution in [3.8, 4) is 5.75 Å². The first kappa shape index (κ1) is 24.4. The van der Waals surface area contributed by atoms with Gasteiger partial charge in [0.05, 0.1) is 17.7 Å². The van der Waals surface area contributed by atoms with Crippen LogP contribution in [0.3, 0.4) is 0 Å². The Morgan fingerprint density at radius 1 is 1.18 bits per heavy atom. The molecule has 0 radical (unpaired) electrons. The molecule has 34 heavy (non-hydrogen) atoms. The molecule has 0 bridgehead atoms. The molecule has 1 fully saturated rings. The summed E-state index contributed by atoms with van der Waals surface area (Å²) in [5.74, 6) is 1.98. The Bertz CT molecular complexity index is 1060. The predicted octanol–water partition coefficient (Wildman–Crippen LogP) is 4.88. The van der Waals surface area contributed by atoms with E-state index in [1.807, 2.05) is 42.5 Å². The standard InChI is InChI=1S/C27H33N3O3S/c1-18-13-19(2)17-30(16-18)12-4-11-28-26(31)21-7-10-24-23(15-21)29-27(32)25(34-24)14-20-5-8-22(33-3)9-6-20/h5-10,14-15,18-19H,4,11-13,16-17H2,1-3H3,(H,28,31)(H,29,32)/b25-14+/t18-,19-/m0/s1. The molecule has 2 aliphatic rings. The molecule has 0 saturated carbocycles. The van der Waals surface area contributed by atoms with E-state index in [1.165, 1.54) is 18.2 Å². The van der Waals surface area contributed by atoms with E-state index in [-0.39, 0.29) is 11.8 Å². The van der Waals surface area contributed by atoms with Gasteiger partial charge in [-0.2, -0.15) is 0 Å². The molecule has 0 unspecified atom stereocenters. The highest BCUT2D eigenvalue weighted by atomic mass is 32.2. The smallest absolute Gasteiger partial charge is 0.262 e. The van der Waals surface area contributed by atoms with Crippen molar-refractivity contribution in [2.75, 3.05) is 38.6 Å².